The van der Waals surface area contributed by atoms with Crippen LogP contribution in [0.3, 0.4) is 0 Å². The van der Waals surface area contributed by atoms with Crippen LogP contribution in [-0.4, -0.2) is 19.5 Å². The maximum Gasteiger partial charge on any atom is 0.167 e. The van der Waals surface area contributed by atoms with Crippen molar-refractivity contribution in [1.29, 1.82) is 0 Å². The fourth-order valence-corrected chi connectivity index (χ4v) is 8.81. The molecule has 0 atom stereocenters. The van der Waals surface area contributed by atoms with Gasteiger partial charge in [0.1, 0.15) is 11.3 Å². The summed E-state index contributed by atoms with van der Waals surface area (Å²) in [7, 11) is 0. The van der Waals surface area contributed by atoms with E-state index in [1.807, 2.05) is 67.6 Å². The van der Waals surface area contributed by atoms with E-state index in [2.05, 4.69) is 96.1 Å². The van der Waals surface area contributed by atoms with Gasteiger partial charge in [-0.05, 0) is 82.1 Å². The minimum absolute atomic E-state index is 0.541. The number of rotatable bonds is 6. The molecular formula is C50H34N4O. The van der Waals surface area contributed by atoms with Gasteiger partial charge in [-0.3, -0.25) is 0 Å². The molecule has 0 unspecified atom stereocenters. The highest BCUT2D eigenvalue weighted by atomic mass is 16.3. The van der Waals surface area contributed by atoms with Crippen LogP contribution in [0.15, 0.2) is 138 Å². The summed E-state index contributed by atoms with van der Waals surface area (Å²) in [6.07, 6.45) is 12.9. The van der Waals surface area contributed by atoms with Crippen molar-refractivity contribution < 1.29 is 4.42 Å². The first-order valence-electron chi connectivity index (χ1n) is 18.8. The van der Waals surface area contributed by atoms with Crippen LogP contribution in [0.5, 0.6) is 0 Å². The van der Waals surface area contributed by atoms with Crippen LogP contribution in [0.25, 0.3) is 118 Å². The van der Waals surface area contributed by atoms with Gasteiger partial charge in [0.15, 0.2) is 17.5 Å². The summed E-state index contributed by atoms with van der Waals surface area (Å²) in [5, 5.41) is 11.4. The summed E-state index contributed by atoms with van der Waals surface area (Å²) >= 11 is 0. The summed E-state index contributed by atoms with van der Waals surface area (Å²) in [4.78, 5) is 15.2. The summed E-state index contributed by atoms with van der Waals surface area (Å²) in [5.41, 5.74) is 7.63. The van der Waals surface area contributed by atoms with Crippen LogP contribution >= 0.6 is 0 Å². The molecule has 3 aromatic heterocycles. The third-order valence-electron chi connectivity index (χ3n) is 11.1. The largest absolute Gasteiger partial charge is 0.455 e. The van der Waals surface area contributed by atoms with E-state index in [1.54, 1.807) is 6.08 Å². The molecule has 0 bridgehead atoms. The van der Waals surface area contributed by atoms with E-state index in [0.717, 1.165) is 51.7 Å². The van der Waals surface area contributed by atoms with Gasteiger partial charge in [0.05, 0.1) is 27.7 Å². The zero-order chi connectivity index (χ0) is 36.6. The predicted octanol–water partition coefficient (Wildman–Crippen LogP) is 11.5. The van der Waals surface area contributed by atoms with Crippen LogP contribution in [0.4, 0.5) is 0 Å². The molecule has 0 saturated heterocycles. The highest BCUT2D eigenvalue weighted by molar-refractivity contribution is 6.30. The molecule has 0 amide bonds. The average molecular weight is 707 g/mol. The van der Waals surface area contributed by atoms with Crippen molar-refractivity contribution in [2.24, 2.45) is 0 Å². The molecule has 0 spiro atoms. The molecule has 0 aliphatic heterocycles. The molecule has 1 aliphatic rings. The third-order valence-corrected chi connectivity index (χ3v) is 11.1. The van der Waals surface area contributed by atoms with Gasteiger partial charge in [-0.15, -0.1) is 0 Å². The van der Waals surface area contributed by atoms with Gasteiger partial charge in [-0.1, -0.05) is 128 Å². The molecule has 5 nitrogen and oxygen atoms in total. The lowest BCUT2D eigenvalue weighted by atomic mass is 9.91. The number of hydrogen-bond donors (Lipinski definition) is 0. The van der Waals surface area contributed by atoms with Crippen LogP contribution in [0.1, 0.15) is 31.1 Å². The average Bonchev–Trinajstić information content (AvgIpc) is 3.79. The highest BCUT2D eigenvalue weighted by Crippen LogP contribution is 2.44. The van der Waals surface area contributed by atoms with E-state index in [1.165, 1.54) is 48.3 Å². The first kappa shape index (κ1) is 31.4. The molecule has 3 heterocycles. The number of fused-ring (bicyclic) bond motifs is 6. The summed E-state index contributed by atoms with van der Waals surface area (Å²) in [5.74, 6) is 2.44. The fourth-order valence-electron chi connectivity index (χ4n) is 8.81. The van der Waals surface area contributed by atoms with Crippen LogP contribution < -0.4 is 10.4 Å². The molecule has 0 saturated carbocycles. The van der Waals surface area contributed by atoms with E-state index >= 15 is 0 Å². The number of hydrogen-bond acceptors (Lipinski definition) is 4. The molecule has 0 N–H and O–H groups in total. The van der Waals surface area contributed by atoms with Crippen molar-refractivity contribution in [3.8, 4) is 39.9 Å². The van der Waals surface area contributed by atoms with Crippen molar-refractivity contribution >= 4 is 78.6 Å². The monoisotopic (exact) mass is 706 g/mol. The summed E-state index contributed by atoms with van der Waals surface area (Å²) < 4.78 is 9.29. The van der Waals surface area contributed by atoms with Crippen LogP contribution in [0, 0.1) is 0 Å². The molecule has 0 fully saturated rings. The molecule has 260 valence electrons. The Morgan fingerprint density at radius 3 is 2.02 bits per heavy atom. The normalized spacial score (nSPS) is 13.0. The molecule has 0 radical (unpaired) electrons. The topological polar surface area (TPSA) is 56.7 Å². The Balaban J connectivity index is 1.28. The molecular weight excluding hydrogens is 673 g/mol. The summed E-state index contributed by atoms with van der Waals surface area (Å²) in [6, 6.07) is 42.4. The molecule has 55 heavy (non-hydrogen) atoms. The molecule has 10 aromatic rings. The number of allylic oxidation sites excluding steroid dienone is 1. The zero-order valence-electron chi connectivity index (χ0n) is 30.3. The van der Waals surface area contributed by atoms with Gasteiger partial charge >= 0.3 is 0 Å². The second-order valence-corrected chi connectivity index (χ2v) is 14.2. The molecule has 5 heteroatoms. The maximum absolute atomic E-state index is 6.85. The molecule has 11 rings (SSSR count). The van der Waals surface area contributed by atoms with Crippen LogP contribution in [-0.2, 0) is 0 Å². The lowest BCUT2D eigenvalue weighted by molar-refractivity contribution is 0.604. The smallest absolute Gasteiger partial charge is 0.167 e. The number of benzene rings is 7. The van der Waals surface area contributed by atoms with Crippen molar-refractivity contribution in [3.63, 3.8) is 0 Å². The highest BCUT2D eigenvalue weighted by Gasteiger charge is 2.26. The first-order valence-corrected chi connectivity index (χ1v) is 18.8. The third kappa shape index (κ3) is 4.63. The Morgan fingerprint density at radius 2 is 1.29 bits per heavy atom. The van der Waals surface area contributed by atoms with Gasteiger partial charge in [-0.25, -0.2) is 15.0 Å². The number of aromatic nitrogens is 4. The Hall–Kier alpha value is -7.11. The van der Waals surface area contributed by atoms with Crippen molar-refractivity contribution in [2.75, 3.05) is 0 Å². The Labute approximate surface area is 316 Å². The second kappa shape index (κ2) is 12.2. The van der Waals surface area contributed by atoms with Gasteiger partial charge in [0.25, 0.3) is 0 Å². The van der Waals surface area contributed by atoms with Crippen molar-refractivity contribution in [2.45, 2.75) is 19.8 Å². The first-order chi connectivity index (χ1) is 27.2. The SMILES string of the molecule is C=Cc1oc2c(-c3nc(-c4ccccc4)nc(-c4ccccc4)n3)ccc(-n3c4cccc5c6c(c7c8ccccc8cc3c7c54)=CCCC=6)c2c1/C=C\C. The standard InChI is InChI=1S/C50H34N4O/c1-3-16-37-42(4-2)55-47-38(50-52-48(30-17-7-5-8-18-30)51-49(53-50)31-19-9-6-10-20-31)27-28-40(45(37)47)54-39-26-15-25-36-34-23-13-14-24-35(34)43-33-22-12-11-21-32(33)29-41(54)46(43)44(36)39/h3-12,15-29H,2,13-14H2,1H3/b16-3-. The summed E-state index contributed by atoms with van der Waals surface area (Å²) in [6.45, 7) is 6.23. The van der Waals surface area contributed by atoms with E-state index in [-0.39, 0.29) is 0 Å². The minimum Gasteiger partial charge on any atom is -0.455 e. The van der Waals surface area contributed by atoms with E-state index in [4.69, 9.17) is 19.4 Å². The number of nitrogens with zero attached hydrogens (tertiary/aromatic N) is 4. The molecule has 7 aromatic carbocycles. The predicted molar refractivity (Wildman–Crippen MR) is 229 cm³/mol. The van der Waals surface area contributed by atoms with Gasteiger partial charge < -0.3 is 8.98 Å². The van der Waals surface area contributed by atoms with Gasteiger partial charge in [-0.2, -0.15) is 0 Å². The lowest BCUT2D eigenvalue weighted by Crippen LogP contribution is -2.28. The molecule has 1 aliphatic carbocycles. The minimum atomic E-state index is 0.541. The fraction of sp³-hybridized carbons (Fsp3) is 0.0600. The number of furan rings is 1. The quantitative estimate of drug-likeness (QED) is 0.162. The Bertz CT molecular complexity index is 3280. The second-order valence-electron chi connectivity index (χ2n) is 14.2. The van der Waals surface area contributed by atoms with E-state index < -0.39 is 0 Å². The zero-order valence-corrected chi connectivity index (χ0v) is 30.3. The van der Waals surface area contributed by atoms with Crippen molar-refractivity contribution in [3.05, 3.63) is 156 Å². The van der Waals surface area contributed by atoms with E-state index in [0.29, 0.717) is 28.8 Å². The van der Waals surface area contributed by atoms with Crippen molar-refractivity contribution in [1.82, 2.24) is 19.5 Å². The van der Waals surface area contributed by atoms with E-state index in [9.17, 15) is 0 Å². The maximum atomic E-state index is 6.85. The Kier molecular flexibility index (Phi) is 6.98. The van der Waals surface area contributed by atoms with Crippen LogP contribution in [0.2, 0.25) is 0 Å². The van der Waals surface area contributed by atoms with Gasteiger partial charge in [0, 0.05) is 27.5 Å². The Morgan fingerprint density at radius 1 is 0.618 bits per heavy atom. The van der Waals surface area contributed by atoms with Gasteiger partial charge in [0.2, 0.25) is 0 Å². The lowest BCUT2D eigenvalue weighted by Gasteiger charge is -2.13.